The SMILES string of the molecule is CCNc1cc(CN(CCC(C)C)CCC(C)C)ccn1. The van der Waals surface area contributed by atoms with Crippen molar-refractivity contribution in [3.05, 3.63) is 23.9 Å². The first-order chi connectivity index (χ1) is 10.0. The van der Waals surface area contributed by atoms with E-state index in [1.165, 1.54) is 31.5 Å². The average molecular weight is 291 g/mol. The molecule has 120 valence electrons. The van der Waals surface area contributed by atoms with E-state index in [0.29, 0.717) is 0 Å². The van der Waals surface area contributed by atoms with Gasteiger partial charge in [-0.05, 0) is 62.4 Å². The minimum atomic E-state index is 0.765. The van der Waals surface area contributed by atoms with Crippen LogP contribution >= 0.6 is 0 Å². The van der Waals surface area contributed by atoms with Crippen LogP contribution in [-0.4, -0.2) is 29.5 Å². The summed E-state index contributed by atoms with van der Waals surface area (Å²) in [5.74, 6) is 2.52. The fraction of sp³-hybridized carbons (Fsp3) is 0.722. The second-order valence-corrected chi connectivity index (χ2v) is 6.72. The van der Waals surface area contributed by atoms with Crippen molar-refractivity contribution in [3.8, 4) is 0 Å². The molecule has 1 heterocycles. The van der Waals surface area contributed by atoms with Gasteiger partial charge in [-0.2, -0.15) is 0 Å². The van der Waals surface area contributed by atoms with Gasteiger partial charge in [0.25, 0.3) is 0 Å². The molecule has 0 saturated carbocycles. The quantitative estimate of drug-likeness (QED) is 0.692. The van der Waals surface area contributed by atoms with Crippen LogP contribution in [0.4, 0.5) is 5.82 Å². The Morgan fingerprint density at radius 3 is 2.24 bits per heavy atom. The van der Waals surface area contributed by atoms with Crippen LogP contribution in [0.5, 0.6) is 0 Å². The first-order valence-corrected chi connectivity index (χ1v) is 8.42. The monoisotopic (exact) mass is 291 g/mol. The zero-order valence-electron chi connectivity index (χ0n) is 14.5. The Balaban J connectivity index is 2.62. The van der Waals surface area contributed by atoms with Gasteiger partial charge in [0.1, 0.15) is 5.82 Å². The molecule has 0 aliphatic heterocycles. The Bertz CT molecular complexity index is 376. The second-order valence-electron chi connectivity index (χ2n) is 6.72. The van der Waals surface area contributed by atoms with Crippen molar-refractivity contribution < 1.29 is 0 Å². The standard InChI is InChI=1S/C18H33N3/c1-6-19-18-13-17(7-10-20-18)14-21(11-8-15(2)3)12-9-16(4)5/h7,10,13,15-16H,6,8-9,11-12,14H2,1-5H3,(H,19,20). The van der Waals surface area contributed by atoms with Gasteiger partial charge in [0, 0.05) is 19.3 Å². The van der Waals surface area contributed by atoms with Crippen molar-refractivity contribution in [2.24, 2.45) is 11.8 Å². The number of aromatic nitrogens is 1. The van der Waals surface area contributed by atoms with E-state index in [0.717, 1.165) is 30.7 Å². The Morgan fingerprint density at radius 2 is 1.71 bits per heavy atom. The molecule has 0 atom stereocenters. The Kier molecular flexibility index (Phi) is 8.36. The second kappa shape index (κ2) is 9.78. The number of nitrogens with zero attached hydrogens (tertiary/aromatic N) is 2. The third kappa shape index (κ3) is 8.05. The first kappa shape index (κ1) is 18.0. The molecule has 0 spiro atoms. The first-order valence-electron chi connectivity index (χ1n) is 8.42. The van der Waals surface area contributed by atoms with Gasteiger partial charge < -0.3 is 5.32 Å². The number of nitrogens with one attached hydrogen (secondary N) is 1. The van der Waals surface area contributed by atoms with E-state index in [4.69, 9.17) is 0 Å². The third-order valence-corrected chi connectivity index (χ3v) is 3.63. The van der Waals surface area contributed by atoms with Gasteiger partial charge in [0.2, 0.25) is 0 Å². The van der Waals surface area contributed by atoms with E-state index in [1.54, 1.807) is 0 Å². The van der Waals surface area contributed by atoms with E-state index in [-0.39, 0.29) is 0 Å². The molecule has 0 amide bonds. The molecule has 0 aliphatic rings. The van der Waals surface area contributed by atoms with Crippen LogP contribution in [0, 0.1) is 11.8 Å². The molecule has 0 aliphatic carbocycles. The van der Waals surface area contributed by atoms with E-state index in [2.05, 4.69) is 62.0 Å². The Morgan fingerprint density at radius 1 is 1.10 bits per heavy atom. The highest BCUT2D eigenvalue weighted by atomic mass is 15.1. The maximum absolute atomic E-state index is 4.36. The molecular weight excluding hydrogens is 258 g/mol. The van der Waals surface area contributed by atoms with Crippen LogP contribution in [0.2, 0.25) is 0 Å². The number of hydrogen-bond donors (Lipinski definition) is 1. The molecule has 0 saturated heterocycles. The summed E-state index contributed by atoms with van der Waals surface area (Å²) in [6.45, 7) is 15.6. The lowest BCUT2D eigenvalue weighted by atomic mass is 10.1. The lowest BCUT2D eigenvalue weighted by Crippen LogP contribution is -2.27. The van der Waals surface area contributed by atoms with Crippen LogP contribution in [0.1, 0.15) is 53.0 Å². The molecule has 0 fully saturated rings. The number of hydrogen-bond acceptors (Lipinski definition) is 3. The average Bonchev–Trinajstić information content (AvgIpc) is 2.42. The van der Waals surface area contributed by atoms with Crippen molar-refractivity contribution in [2.45, 2.75) is 54.0 Å². The smallest absolute Gasteiger partial charge is 0.126 e. The summed E-state index contributed by atoms with van der Waals surface area (Å²) in [6, 6.07) is 4.32. The summed E-state index contributed by atoms with van der Waals surface area (Å²) >= 11 is 0. The summed E-state index contributed by atoms with van der Waals surface area (Å²) < 4.78 is 0. The zero-order valence-corrected chi connectivity index (χ0v) is 14.5. The molecule has 1 N–H and O–H groups in total. The minimum Gasteiger partial charge on any atom is -0.370 e. The van der Waals surface area contributed by atoms with Crippen molar-refractivity contribution in [1.29, 1.82) is 0 Å². The molecule has 21 heavy (non-hydrogen) atoms. The summed E-state index contributed by atoms with van der Waals surface area (Å²) in [7, 11) is 0. The molecule has 0 bridgehead atoms. The normalized spacial score (nSPS) is 11.6. The van der Waals surface area contributed by atoms with Gasteiger partial charge in [-0.3, -0.25) is 4.90 Å². The fourth-order valence-corrected chi connectivity index (χ4v) is 2.26. The largest absolute Gasteiger partial charge is 0.370 e. The molecule has 1 aromatic heterocycles. The lowest BCUT2D eigenvalue weighted by molar-refractivity contribution is 0.235. The van der Waals surface area contributed by atoms with Gasteiger partial charge in [-0.1, -0.05) is 27.7 Å². The van der Waals surface area contributed by atoms with Gasteiger partial charge >= 0.3 is 0 Å². The van der Waals surface area contributed by atoms with Crippen LogP contribution < -0.4 is 5.32 Å². The molecule has 1 aromatic rings. The van der Waals surface area contributed by atoms with Crippen LogP contribution in [0.15, 0.2) is 18.3 Å². The highest BCUT2D eigenvalue weighted by Gasteiger charge is 2.09. The molecule has 0 aromatic carbocycles. The lowest BCUT2D eigenvalue weighted by Gasteiger charge is -2.24. The molecule has 0 radical (unpaired) electrons. The van der Waals surface area contributed by atoms with Crippen molar-refractivity contribution in [2.75, 3.05) is 25.0 Å². The molecular formula is C18H33N3. The summed E-state index contributed by atoms with van der Waals surface area (Å²) in [5, 5.41) is 3.29. The third-order valence-electron chi connectivity index (χ3n) is 3.63. The minimum absolute atomic E-state index is 0.765. The molecule has 3 heteroatoms. The highest BCUT2D eigenvalue weighted by molar-refractivity contribution is 5.37. The van der Waals surface area contributed by atoms with Crippen LogP contribution in [-0.2, 0) is 6.54 Å². The van der Waals surface area contributed by atoms with Crippen LogP contribution in [0.25, 0.3) is 0 Å². The van der Waals surface area contributed by atoms with E-state index in [9.17, 15) is 0 Å². The van der Waals surface area contributed by atoms with Crippen molar-refractivity contribution in [1.82, 2.24) is 9.88 Å². The molecule has 3 nitrogen and oxygen atoms in total. The Labute approximate surface area is 131 Å². The summed E-state index contributed by atoms with van der Waals surface area (Å²) in [5.41, 5.74) is 1.36. The van der Waals surface area contributed by atoms with Crippen LogP contribution in [0.3, 0.4) is 0 Å². The van der Waals surface area contributed by atoms with Gasteiger partial charge in [-0.25, -0.2) is 4.98 Å². The maximum atomic E-state index is 4.36. The number of rotatable bonds is 10. The maximum Gasteiger partial charge on any atom is 0.126 e. The summed E-state index contributed by atoms with van der Waals surface area (Å²) in [6.07, 6.45) is 4.45. The Hall–Kier alpha value is -1.09. The predicted octanol–water partition coefficient (Wildman–Crippen LogP) is 4.41. The molecule has 1 rings (SSSR count). The number of pyridine rings is 1. The van der Waals surface area contributed by atoms with E-state index in [1.807, 2.05) is 6.20 Å². The summed E-state index contributed by atoms with van der Waals surface area (Å²) in [4.78, 5) is 6.94. The zero-order chi connectivity index (χ0) is 15.7. The van der Waals surface area contributed by atoms with Crippen molar-refractivity contribution >= 4 is 5.82 Å². The van der Waals surface area contributed by atoms with E-state index < -0.39 is 0 Å². The van der Waals surface area contributed by atoms with Crippen molar-refractivity contribution in [3.63, 3.8) is 0 Å². The predicted molar refractivity (Wildman–Crippen MR) is 92.6 cm³/mol. The van der Waals surface area contributed by atoms with Gasteiger partial charge in [-0.15, -0.1) is 0 Å². The van der Waals surface area contributed by atoms with Gasteiger partial charge in [0.15, 0.2) is 0 Å². The van der Waals surface area contributed by atoms with E-state index >= 15 is 0 Å². The highest BCUT2D eigenvalue weighted by Crippen LogP contribution is 2.13. The topological polar surface area (TPSA) is 28.2 Å². The van der Waals surface area contributed by atoms with Gasteiger partial charge in [0.05, 0.1) is 0 Å². The molecule has 0 unspecified atom stereocenters. The fourth-order valence-electron chi connectivity index (χ4n) is 2.26. The number of anilines is 1.